The Kier molecular flexibility index (Phi) is 6.16. The van der Waals surface area contributed by atoms with Gasteiger partial charge in [0.1, 0.15) is 22.8 Å². The molecule has 7 heteroatoms. The van der Waals surface area contributed by atoms with Gasteiger partial charge in [-0.2, -0.15) is 0 Å². The Labute approximate surface area is 179 Å². The molecule has 0 radical (unpaired) electrons. The fourth-order valence-electron chi connectivity index (χ4n) is 4.00. The van der Waals surface area contributed by atoms with Crippen LogP contribution in [0.15, 0.2) is 53.1 Å². The summed E-state index contributed by atoms with van der Waals surface area (Å²) in [6.07, 6.45) is 2.30. The molecule has 1 amide bonds. The molecule has 1 aromatic heterocycles. The third kappa shape index (κ3) is 4.11. The summed E-state index contributed by atoms with van der Waals surface area (Å²) in [4.78, 5) is 15.5. The van der Waals surface area contributed by atoms with Crippen molar-refractivity contribution in [2.24, 2.45) is 0 Å². The van der Waals surface area contributed by atoms with E-state index in [0.717, 1.165) is 31.5 Å². The van der Waals surface area contributed by atoms with E-state index in [2.05, 4.69) is 27.5 Å². The molecule has 1 N–H and O–H groups in total. The second-order valence-corrected chi connectivity index (χ2v) is 7.85. The van der Waals surface area contributed by atoms with E-state index in [1.165, 1.54) is 12.1 Å². The van der Waals surface area contributed by atoms with Crippen molar-refractivity contribution in [2.45, 2.75) is 25.8 Å². The third-order valence-corrected chi connectivity index (χ3v) is 5.83. The molecule has 0 unspecified atom stereocenters. The number of benzene rings is 2. The van der Waals surface area contributed by atoms with Crippen molar-refractivity contribution in [3.8, 4) is 11.3 Å². The number of nitrogens with zero attached hydrogens (tertiary/aromatic N) is 2. The van der Waals surface area contributed by atoms with Gasteiger partial charge >= 0.3 is 0 Å². The monoisotopic (exact) mass is 427 g/mol. The molecule has 5 nitrogen and oxygen atoms in total. The number of aryl methyl sites for hydroxylation is 1. The van der Waals surface area contributed by atoms with Gasteiger partial charge in [0.15, 0.2) is 0 Å². The number of carbonyl (C=O) groups is 1. The van der Waals surface area contributed by atoms with Crippen molar-refractivity contribution in [3.63, 3.8) is 0 Å². The van der Waals surface area contributed by atoms with E-state index in [4.69, 9.17) is 16.1 Å². The zero-order valence-corrected chi connectivity index (χ0v) is 17.5. The first kappa shape index (κ1) is 20.6. The smallest absolute Gasteiger partial charge is 0.257 e. The van der Waals surface area contributed by atoms with Crippen molar-refractivity contribution in [2.75, 3.05) is 19.6 Å². The first-order valence-electron chi connectivity index (χ1n) is 10.0. The van der Waals surface area contributed by atoms with Crippen LogP contribution in [0.3, 0.4) is 0 Å². The SMILES string of the molecule is Cc1onc(-c2c(F)cccc2Cl)c1C(=O)NC[C@@H](c1ccccc1)N1CCCC1. The van der Waals surface area contributed by atoms with Gasteiger partial charge < -0.3 is 9.84 Å². The number of likely N-dealkylation sites (tertiary alicyclic amines) is 1. The minimum absolute atomic E-state index is 0.0679. The molecule has 30 heavy (non-hydrogen) atoms. The molecular formula is C23H23ClFN3O2. The predicted octanol–water partition coefficient (Wildman–Crippen LogP) is 5.01. The van der Waals surface area contributed by atoms with Crippen molar-refractivity contribution < 1.29 is 13.7 Å². The maximum absolute atomic E-state index is 14.4. The van der Waals surface area contributed by atoms with Crippen LogP contribution in [0, 0.1) is 12.7 Å². The van der Waals surface area contributed by atoms with E-state index in [1.54, 1.807) is 13.0 Å². The van der Waals surface area contributed by atoms with Crippen LogP contribution in [0.1, 0.15) is 40.6 Å². The molecule has 1 atom stereocenters. The van der Waals surface area contributed by atoms with Gasteiger partial charge in [-0.15, -0.1) is 0 Å². The molecule has 156 valence electrons. The van der Waals surface area contributed by atoms with Gasteiger partial charge in [-0.25, -0.2) is 4.39 Å². The van der Waals surface area contributed by atoms with Crippen molar-refractivity contribution in [1.82, 2.24) is 15.4 Å². The van der Waals surface area contributed by atoms with Crippen LogP contribution >= 0.6 is 11.6 Å². The lowest BCUT2D eigenvalue weighted by molar-refractivity contribution is 0.0937. The maximum Gasteiger partial charge on any atom is 0.257 e. The fraction of sp³-hybridized carbons (Fsp3) is 0.304. The molecule has 2 heterocycles. The van der Waals surface area contributed by atoms with E-state index in [9.17, 15) is 9.18 Å². The van der Waals surface area contributed by atoms with Gasteiger partial charge in [0.25, 0.3) is 5.91 Å². The lowest BCUT2D eigenvalue weighted by Crippen LogP contribution is -2.37. The zero-order chi connectivity index (χ0) is 21.1. The quantitative estimate of drug-likeness (QED) is 0.600. The molecule has 1 fully saturated rings. The number of rotatable bonds is 6. The standard InChI is InChI=1S/C23H23ClFN3O2/c1-15-20(22(27-30-15)21-17(24)10-7-11-18(21)25)23(29)26-14-19(28-12-5-6-13-28)16-8-3-2-4-9-16/h2-4,7-11,19H,5-6,12-14H2,1H3,(H,26,29)/t19-/m0/s1. The highest BCUT2D eigenvalue weighted by Crippen LogP contribution is 2.33. The van der Waals surface area contributed by atoms with Gasteiger partial charge in [0, 0.05) is 6.54 Å². The molecule has 2 aromatic carbocycles. The summed E-state index contributed by atoms with van der Waals surface area (Å²) in [5, 5.41) is 7.10. The average molecular weight is 428 g/mol. The highest BCUT2D eigenvalue weighted by atomic mass is 35.5. The Bertz CT molecular complexity index is 1010. The van der Waals surface area contributed by atoms with Crippen LogP contribution in [0.5, 0.6) is 0 Å². The number of halogens is 2. The highest BCUT2D eigenvalue weighted by Gasteiger charge is 2.28. The van der Waals surface area contributed by atoms with Crippen LogP contribution in [0.2, 0.25) is 5.02 Å². The summed E-state index contributed by atoms with van der Waals surface area (Å²) >= 11 is 6.18. The number of hydrogen-bond acceptors (Lipinski definition) is 4. The number of amides is 1. The molecule has 0 bridgehead atoms. The van der Waals surface area contributed by atoms with Crippen LogP contribution in [-0.2, 0) is 0 Å². The summed E-state index contributed by atoms with van der Waals surface area (Å²) in [7, 11) is 0. The molecular weight excluding hydrogens is 405 g/mol. The zero-order valence-electron chi connectivity index (χ0n) is 16.7. The van der Waals surface area contributed by atoms with Gasteiger partial charge in [0.2, 0.25) is 0 Å². The molecule has 0 spiro atoms. The second kappa shape index (κ2) is 8.98. The fourth-order valence-corrected chi connectivity index (χ4v) is 4.25. The molecule has 1 aliphatic rings. The average Bonchev–Trinajstić information content (AvgIpc) is 3.39. The van der Waals surface area contributed by atoms with Crippen molar-refractivity contribution in [3.05, 3.63) is 76.3 Å². The molecule has 1 saturated heterocycles. The highest BCUT2D eigenvalue weighted by molar-refractivity contribution is 6.33. The first-order chi connectivity index (χ1) is 14.6. The molecule has 3 aromatic rings. The van der Waals surface area contributed by atoms with Crippen molar-refractivity contribution in [1.29, 1.82) is 0 Å². The van der Waals surface area contributed by atoms with E-state index in [-0.39, 0.29) is 33.8 Å². The Morgan fingerprint density at radius 1 is 1.20 bits per heavy atom. The predicted molar refractivity (Wildman–Crippen MR) is 114 cm³/mol. The van der Waals surface area contributed by atoms with Crippen molar-refractivity contribution >= 4 is 17.5 Å². The van der Waals surface area contributed by atoms with Crippen LogP contribution in [0.25, 0.3) is 11.3 Å². The summed E-state index contributed by atoms with van der Waals surface area (Å²) < 4.78 is 19.7. The Balaban J connectivity index is 1.59. The molecule has 0 saturated carbocycles. The largest absolute Gasteiger partial charge is 0.360 e. The van der Waals surface area contributed by atoms with Gasteiger partial charge in [0.05, 0.1) is 16.6 Å². The Morgan fingerprint density at radius 3 is 2.63 bits per heavy atom. The van der Waals surface area contributed by atoms with E-state index >= 15 is 0 Å². The lowest BCUT2D eigenvalue weighted by Gasteiger charge is -2.28. The summed E-state index contributed by atoms with van der Waals surface area (Å²) in [6.45, 7) is 4.06. The Hall–Kier alpha value is -2.70. The van der Waals surface area contributed by atoms with E-state index in [1.807, 2.05) is 18.2 Å². The first-order valence-corrected chi connectivity index (χ1v) is 10.4. The molecule has 0 aliphatic carbocycles. The topological polar surface area (TPSA) is 58.4 Å². The minimum Gasteiger partial charge on any atom is -0.360 e. The molecule has 4 rings (SSSR count). The minimum atomic E-state index is -0.552. The molecule has 1 aliphatic heterocycles. The van der Waals surface area contributed by atoms with Gasteiger partial charge in [-0.1, -0.05) is 53.2 Å². The van der Waals surface area contributed by atoms with Gasteiger partial charge in [-0.05, 0) is 50.6 Å². The number of nitrogens with one attached hydrogen (secondary N) is 1. The number of aromatic nitrogens is 1. The third-order valence-electron chi connectivity index (χ3n) is 5.51. The second-order valence-electron chi connectivity index (χ2n) is 7.44. The van der Waals surface area contributed by atoms with E-state index in [0.29, 0.717) is 12.3 Å². The Morgan fingerprint density at radius 2 is 1.93 bits per heavy atom. The van der Waals surface area contributed by atoms with E-state index < -0.39 is 5.82 Å². The number of carbonyl (C=O) groups excluding carboxylic acids is 1. The summed E-state index contributed by atoms with van der Waals surface area (Å²) in [5.41, 5.74) is 1.54. The van der Waals surface area contributed by atoms with Crippen LogP contribution < -0.4 is 5.32 Å². The summed E-state index contributed by atoms with van der Waals surface area (Å²) in [5.74, 6) is -0.591. The van der Waals surface area contributed by atoms with Crippen LogP contribution in [-0.4, -0.2) is 35.6 Å². The normalized spacial score (nSPS) is 15.3. The number of hydrogen-bond donors (Lipinski definition) is 1. The lowest BCUT2D eigenvalue weighted by atomic mass is 10.0. The summed E-state index contributed by atoms with van der Waals surface area (Å²) in [6, 6.07) is 14.6. The van der Waals surface area contributed by atoms with Gasteiger partial charge in [-0.3, -0.25) is 9.69 Å². The maximum atomic E-state index is 14.4. The van der Waals surface area contributed by atoms with Crippen LogP contribution in [0.4, 0.5) is 4.39 Å².